The minimum absolute atomic E-state index is 0.00662. The first-order valence-electron chi connectivity index (χ1n) is 9.63. The monoisotopic (exact) mass is 338 g/mol. The summed E-state index contributed by atoms with van der Waals surface area (Å²) >= 11 is 0. The van der Waals surface area contributed by atoms with Crippen LogP contribution in [0.1, 0.15) is 55.0 Å². The van der Waals surface area contributed by atoms with E-state index in [1.165, 1.54) is 31.2 Å². The van der Waals surface area contributed by atoms with Crippen LogP contribution in [0.4, 0.5) is 0 Å². The molecule has 1 aromatic heterocycles. The SMILES string of the molecule is OC[C@@]1(Cc2ccccc2)C[C@H]2CC[C@@H]1N2Cc1cc(C2CC2)on1. The molecule has 0 spiro atoms. The van der Waals surface area contributed by atoms with Crippen LogP contribution in [0.25, 0.3) is 0 Å². The van der Waals surface area contributed by atoms with Gasteiger partial charge in [0.25, 0.3) is 0 Å². The van der Waals surface area contributed by atoms with Gasteiger partial charge in [0.1, 0.15) is 5.76 Å². The van der Waals surface area contributed by atoms with Crippen molar-refractivity contribution < 1.29 is 9.63 Å². The molecule has 2 saturated heterocycles. The molecule has 2 bridgehead atoms. The Hall–Kier alpha value is -1.65. The molecule has 1 aliphatic carbocycles. The Morgan fingerprint density at radius 2 is 2.00 bits per heavy atom. The van der Waals surface area contributed by atoms with Gasteiger partial charge in [-0.05, 0) is 44.1 Å². The van der Waals surface area contributed by atoms with Gasteiger partial charge in [-0.25, -0.2) is 0 Å². The molecule has 3 heterocycles. The molecular formula is C21H26N2O2. The predicted molar refractivity (Wildman–Crippen MR) is 95.1 cm³/mol. The molecule has 1 N–H and O–H groups in total. The Labute approximate surface area is 148 Å². The third-order valence-corrected chi connectivity index (χ3v) is 6.61. The smallest absolute Gasteiger partial charge is 0.140 e. The summed E-state index contributed by atoms with van der Waals surface area (Å²) in [7, 11) is 0. The van der Waals surface area contributed by atoms with Crippen LogP contribution in [0.3, 0.4) is 0 Å². The second kappa shape index (κ2) is 5.96. The maximum atomic E-state index is 10.3. The van der Waals surface area contributed by atoms with Gasteiger partial charge >= 0.3 is 0 Å². The predicted octanol–water partition coefficient (Wildman–Crippen LogP) is 3.51. The van der Waals surface area contributed by atoms with Crippen LogP contribution in [0.2, 0.25) is 0 Å². The third-order valence-electron chi connectivity index (χ3n) is 6.61. The summed E-state index contributed by atoms with van der Waals surface area (Å²) in [6.45, 7) is 1.13. The highest BCUT2D eigenvalue weighted by Crippen LogP contribution is 2.52. The lowest BCUT2D eigenvalue weighted by Crippen LogP contribution is -2.41. The fourth-order valence-electron chi connectivity index (χ4n) is 5.23. The first kappa shape index (κ1) is 15.6. The van der Waals surface area contributed by atoms with Crippen LogP contribution in [0.15, 0.2) is 40.9 Å². The summed E-state index contributed by atoms with van der Waals surface area (Å²) in [6, 6.07) is 13.8. The average Bonchev–Trinajstić information content (AvgIpc) is 3.18. The van der Waals surface area contributed by atoms with E-state index in [1.54, 1.807) is 0 Å². The standard InChI is InChI=1S/C21H26N2O2/c24-14-21(11-15-4-2-1-3-5-15)12-18-8-9-20(21)23(18)13-17-10-19(25-22-17)16-6-7-16/h1-5,10,16,18,20,24H,6-9,11-14H2/t18-,20+,21-/m1/s1. The van der Waals surface area contributed by atoms with Crippen LogP contribution >= 0.6 is 0 Å². The first-order chi connectivity index (χ1) is 12.3. The summed E-state index contributed by atoms with van der Waals surface area (Å²) < 4.78 is 5.54. The van der Waals surface area contributed by atoms with Gasteiger partial charge in [-0.2, -0.15) is 0 Å². The number of fused-ring (bicyclic) bond motifs is 2. The summed E-state index contributed by atoms with van der Waals surface area (Å²) in [4.78, 5) is 2.59. The van der Waals surface area contributed by atoms with E-state index in [2.05, 4.69) is 46.5 Å². The second-order valence-electron chi connectivity index (χ2n) is 8.30. The molecule has 0 unspecified atom stereocenters. The zero-order valence-corrected chi connectivity index (χ0v) is 14.6. The molecule has 3 atom stereocenters. The summed E-state index contributed by atoms with van der Waals surface area (Å²) in [5.41, 5.74) is 2.39. The molecule has 132 valence electrons. The lowest BCUT2D eigenvalue weighted by atomic mass is 9.70. The number of aliphatic hydroxyl groups excluding tert-OH is 1. The average molecular weight is 338 g/mol. The third kappa shape index (κ3) is 2.72. The van der Waals surface area contributed by atoms with Gasteiger partial charge in [0.2, 0.25) is 0 Å². The maximum Gasteiger partial charge on any atom is 0.140 e. The van der Waals surface area contributed by atoms with Gasteiger partial charge < -0.3 is 9.63 Å². The molecule has 1 saturated carbocycles. The van der Waals surface area contributed by atoms with Crippen molar-refractivity contribution in [1.29, 1.82) is 0 Å². The topological polar surface area (TPSA) is 49.5 Å². The Balaban J connectivity index is 1.35. The molecule has 0 amide bonds. The largest absolute Gasteiger partial charge is 0.396 e. The minimum atomic E-state index is -0.00662. The molecule has 5 rings (SSSR count). The Kier molecular flexibility index (Phi) is 3.72. The van der Waals surface area contributed by atoms with E-state index in [0.717, 1.165) is 30.8 Å². The van der Waals surface area contributed by atoms with Crippen LogP contribution in [-0.4, -0.2) is 33.9 Å². The molecule has 3 fully saturated rings. The molecule has 4 heteroatoms. The van der Waals surface area contributed by atoms with E-state index >= 15 is 0 Å². The maximum absolute atomic E-state index is 10.3. The lowest BCUT2D eigenvalue weighted by Gasteiger charge is -2.36. The van der Waals surface area contributed by atoms with E-state index in [0.29, 0.717) is 18.0 Å². The van der Waals surface area contributed by atoms with E-state index < -0.39 is 0 Å². The normalized spacial score (nSPS) is 31.7. The van der Waals surface area contributed by atoms with Crippen molar-refractivity contribution in [1.82, 2.24) is 10.1 Å². The van der Waals surface area contributed by atoms with Crippen molar-refractivity contribution in [3.05, 3.63) is 53.4 Å². The quantitative estimate of drug-likeness (QED) is 0.876. The Bertz CT molecular complexity index is 739. The number of hydrogen-bond donors (Lipinski definition) is 1. The Morgan fingerprint density at radius 1 is 1.16 bits per heavy atom. The number of benzene rings is 1. The van der Waals surface area contributed by atoms with Crippen LogP contribution < -0.4 is 0 Å². The molecule has 2 aliphatic heterocycles. The van der Waals surface area contributed by atoms with Gasteiger partial charge in [-0.15, -0.1) is 0 Å². The van der Waals surface area contributed by atoms with Crippen molar-refractivity contribution in [2.24, 2.45) is 5.41 Å². The zero-order chi connectivity index (χ0) is 16.9. The molecule has 1 aromatic carbocycles. The summed E-state index contributed by atoms with van der Waals surface area (Å²) in [6.07, 6.45) is 6.98. The van der Waals surface area contributed by atoms with Crippen LogP contribution in [-0.2, 0) is 13.0 Å². The Morgan fingerprint density at radius 3 is 2.76 bits per heavy atom. The zero-order valence-electron chi connectivity index (χ0n) is 14.6. The number of aliphatic hydroxyl groups is 1. The molecule has 3 aliphatic rings. The van der Waals surface area contributed by atoms with Gasteiger partial charge in [-0.1, -0.05) is 35.5 Å². The molecule has 2 aromatic rings. The van der Waals surface area contributed by atoms with E-state index in [4.69, 9.17) is 4.52 Å². The summed E-state index contributed by atoms with van der Waals surface area (Å²) in [5.74, 6) is 1.69. The number of rotatable bonds is 6. The molecule has 0 radical (unpaired) electrons. The molecule has 4 nitrogen and oxygen atoms in total. The van der Waals surface area contributed by atoms with Crippen LogP contribution in [0.5, 0.6) is 0 Å². The van der Waals surface area contributed by atoms with Crippen molar-refractivity contribution >= 4 is 0 Å². The fourth-order valence-corrected chi connectivity index (χ4v) is 5.23. The van der Waals surface area contributed by atoms with Crippen LogP contribution in [0, 0.1) is 5.41 Å². The van der Waals surface area contributed by atoms with Gasteiger partial charge in [0.15, 0.2) is 0 Å². The second-order valence-corrected chi connectivity index (χ2v) is 8.30. The van der Waals surface area contributed by atoms with Gasteiger partial charge in [-0.3, -0.25) is 4.90 Å². The number of hydrogen-bond acceptors (Lipinski definition) is 4. The summed E-state index contributed by atoms with van der Waals surface area (Å²) in [5, 5.41) is 14.6. The molecular weight excluding hydrogens is 312 g/mol. The highest BCUT2D eigenvalue weighted by molar-refractivity contribution is 5.21. The van der Waals surface area contributed by atoms with E-state index in [-0.39, 0.29) is 12.0 Å². The molecule has 25 heavy (non-hydrogen) atoms. The first-order valence-corrected chi connectivity index (χ1v) is 9.63. The van der Waals surface area contributed by atoms with Gasteiger partial charge in [0, 0.05) is 36.0 Å². The van der Waals surface area contributed by atoms with Crippen molar-refractivity contribution in [2.75, 3.05) is 6.61 Å². The highest BCUT2D eigenvalue weighted by Gasteiger charge is 2.55. The fraction of sp³-hybridized carbons (Fsp3) is 0.571. The lowest BCUT2D eigenvalue weighted by molar-refractivity contribution is 0.0745. The van der Waals surface area contributed by atoms with Crippen molar-refractivity contribution in [3.8, 4) is 0 Å². The minimum Gasteiger partial charge on any atom is -0.396 e. The van der Waals surface area contributed by atoms with Crippen molar-refractivity contribution in [2.45, 2.75) is 63.1 Å². The van der Waals surface area contributed by atoms with Gasteiger partial charge in [0.05, 0.1) is 12.3 Å². The van der Waals surface area contributed by atoms with E-state index in [9.17, 15) is 5.11 Å². The highest BCUT2D eigenvalue weighted by atomic mass is 16.5. The number of aromatic nitrogens is 1. The number of nitrogens with zero attached hydrogens (tertiary/aromatic N) is 2. The van der Waals surface area contributed by atoms with E-state index in [1.807, 2.05) is 0 Å². The van der Waals surface area contributed by atoms with Crippen molar-refractivity contribution in [3.63, 3.8) is 0 Å².